The summed E-state index contributed by atoms with van der Waals surface area (Å²) in [5.74, 6) is 1.25. The summed E-state index contributed by atoms with van der Waals surface area (Å²) in [4.78, 5) is 12.7. The lowest BCUT2D eigenvalue weighted by Crippen LogP contribution is -2.08. The highest BCUT2D eigenvalue weighted by atomic mass is 16.5. The van der Waals surface area contributed by atoms with Crippen LogP contribution in [0.1, 0.15) is 25.0 Å². The Kier molecular flexibility index (Phi) is 6.50. The van der Waals surface area contributed by atoms with Crippen molar-refractivity contribution < 1.29 is 18.7 Å². The summed E-state index contributed by atoms with van der Waals surface area (Å²) in [5.41, 5.74) is 6.09. The van der Waals surface area contributed by atoms with Crippen molar-refractivity contribution >= 4 is 28.1 Å². The van der Waals surface area contributed by atoms with Gasteiger partial charge in [0.1, 0.15) is 17.1 Å². The molecule has 0 spiro atoms. The van der Waals surface area contributed by atoms with E-state index < -0.39 is 0 Å². The lowest BCUT2D eigenvalue weighted by molar-refractivity contribution is -0.111. The maximum absolute atomic E-state index is 12.7. The van der Waals surface area contributed by atoms with Gasteiger partial charge in [-0.1, -0.05) is 30.3 Å². The molecule has 1 N–H and O–H groups in total. The van der Waals surface area contributed by atoms with E-state index in [1.54, 1.807) is 19.4 Å². The van der Waals surface area contributed by atoms with Crippen LogP contribution in [0.5, 0.6) is 11.5 Å². The highest BCUT2D eigenvalue weighted by Gasteiger charge is 2.18. The Morgan fingerprint density at radius 2 is 1.82 bits per heavy atom. The van der Waals surface area contributed by atoms with Gasteiger partial charge in [-0.05, 0) is 62.2 Å². The van der Waals surface area contributed by atoms with Crippen LogP contribution in [0.25, 0.3) is 27.7 Å². The molecule has 4 aromatic rings. The first-order valence-corrected chi connectivity index (χ1v) is 10.9. The van der Waals surface area contributed by atoms with E-state index in [9.17, 15) is 4.79 Å². The molecule has 1 heterocycles. The van der Waals surface area contributed by atoms with Gasteiger partial charge in [-0.15, -0.1) is 0 Å². The Balaban J connectivity index is 1.68. The number of methoxy groups -OCH3 is 1. The summed E-state index contributed by atoms with van der Waals surface area (Å²) in [7, 11) is 1.63. The van der Waals surface area contributed by atoms with Gasteiger partial charge in [0, 0.05) is 33.8 Å². The summed E-state index contributed by atoms with van der Waals surface area (Å²) in [6, 6.07) is 19.4. The molecule has 0 radical (unpaired) electrons. The SMILES string of the molecule is CCOc1ccc(NC(=O)/C=C(\C)c2cc3c(-c4ccccc4)coc3c(C)c2OC)cc1. The summed E-state index contributed by atoms with van der Waals surface area (Å²) in [6.45, 7) is 6.41. The molecule has 0 saturated heterocycles. The number of hydrogen-bond donors (Lipinski definition) is 1. The second kappa shape index (κ2) is 9.65. The van der Waals surface area contributed by atoms with Gasteiger partial charge in [-0.3, -0.25) is 4.79 Å². The minimum absolute atomic E-state index is 0.216. The number of rotatable bonds is 7. The molecule has 0 atom stereocenters. The van der Waals surface area contributed by atoms with Crippen molar-refractivity contribution in [3.05, 3.63) is 84.1 Å². The molecule has 0 aliphatic heterocycles. The van der Waals surface area contributed by atoms with Crippen molar-refractivity contribution in [2.24, 2.45) is 0 Å². The number of allylic oxidation sites excluding steroid dienone is 1. The maximum atomic E-state index is 12.7. The van der Waals surface area contributed by atoms with Crippen LogP contribution in [0.4, 0.5) is 5.69 Å². The highest BCUT2D eigenvalue weighted by Crippen LogP contribution is 2.40. The summed E-state index contributed by atoms with van der Waals surface area (Å²) >= 11 is 0. The number of hydrogen-bond acceptors (Lipinski definition) is 4. The molecular formula is C28H27NO4. The minimum atomic E-state index is -0.216. The molecule has 5 nitrogen and oxygen atoms in total. The number of fused-ring (bicyclic) bond motifs is 1. The number of anilines is 1. The normalized spacial score (nSPS) is 11.5. The van der Waals surface area contributed by atoms with E-state index in [0.717, 1.165) is 44.5 Å². The molecule has 0 saturated carbocycles. The summed E-state index contributed by atoms with van der Waals surface area (Å²) in [6.07, 6.45) is 3.36. The Hall–Kier alpha value is -3.99. The zero-order valence-electron chi connectivity index (χ0n) is 19.3. The molecule has 0 aliphatic carbocycles. The second-order valence-corrected chi connectivity index (χ2v) is 7.75. The average molecular weight is 442 g/mol. The van der Waals surface area contributed by atoms with Gasteiger partial charge < -0.3 is 19.2 Å². The Morgan fingerprint density at radius 1 is 1.09 bits per heavy atom. The molecule has 168 valence electrons. The van der Waals surface area contributed by atoms with E-state index >= 15 is 0 Å². The summed E-state index contributed by atoms with van der Waals surface area (Å²) < 4.78 is 17.1. The number of benzene rings is 3. The highest BCUT2D eigenvalue weighted by molar-refractivity contribution is 6.06. The molecule has 3 aromatic carbocycles. The fraction of sp³-hybridized carbons (Fsp3) is 0.179. The zero-order chi connectivity index (χ0) is 23.4. The van der Waals surface area contributed by atoms with Gasteiger partial charge in [0.15, 0.2) is 0 Å². The number of ether oxygens (including phenoxy) is 2. The van der Waals surface area contributed by atoms with E-state index in [1.807, 2.05) is 69.3 Å². The van der Waals surface area contributed by atoms with Gasteiger partial charge in [0.2, 0.25) is 5.91 Å². The van der Waals surface area contributed by atoms with Crippen LogP contribution in [-0.2, 0) is 4.79 Å². The molecule has 0 aliphatic rings. The Bertz CT molecular complexity index is 1300. The third-order valence-electron chi connectivity index (χ3n) is 5.54. The molecule has 0 bridgehead atoms. The number of nitrogens with one attached hydrogen (secondary N) is 1. The first-order valence-electron chi connectivity index (χ1n) is 10.9. The first-order chi connectivity index (χ1) is 16.0. The van der Waals surface area contributed by atoms with E-state index in [-0.39, 0.29) is 5.91 Å². The van der Waals surface area contributed by atoms with Crippen LogP contribution in [0, 0.1) is 6.92 Å². The van der Waals surface area contributed by atoms with E-state index in [1.165, 1.54) is 0 Å². The van der Waals surface area contributed by atoms with Gasteiger partial charge in [0.05, 0.1) is 20.0 Å². The molecular weight excluding hydrogens is 414 g/mol. The molecule has 0 fully saturated rings. The minimum Gasteiger partial charge on any atom is -0.496 e. The topological polar surface area (TPSA) is 60.7 Å². The van der Waals surface area contributed by atoms with Gasteiger partial charge in [0.25, 0.3) is 0 Å². The predicted molar refractivity (Wildman–Crippen MR) is 133 cm³/mol. The smallest absolute Gasteiger partial charge is 0.248 e. The number of furan rings is 1. The quantitative estimate of drug-likeness (QED) is 0.318. The molecule has 5 heteroatoms. The van der Waals surface area contributed by atoms with Crippen molar-refractivity contribution in [2.45, 2.75) is 20.8 Å². The number of aryl methyl sites for hydroxylation is 1. The van der Waals surface area contributed by atoms with Gasteiger partial charge >= 0.3 is 0 Å². The van der Waals surface area contributed by atoms with Crippen LogP contribution < -0.4 is 14.8 Å². The molecule has 0 unspecified atom stereocenters. The number of carbonyl (C=O) groups is 1. The van der Waals surface area contributed by atoms with E-state index in [0.29, 0.717) is 18.0 Å². The Morgan fingerprint density at radius 3 is 2.48 bits per heavy atom. The van der Waals surface area contributed by atoms with Crippen LogP contribution in [-0.4, -0.2) is 19.6 Å². The third kappa shape index (κ3) is 4.62. The predicted octanol–water partition coefficient (Wildman–Crippen LogP) is 6.86. The average Bonchev–Trinajstić information content (AvgIpc) is 3.25. The lowest BCUT2D eigenvalue weighted by atomic mass is 9.96. The maximum Gasteiger partial charge on any atom is 0.248 e. The largest absolute Gasteiger partial charge is 0.496 e. The number of amides is 1. The van der Waals surface area contributed by atoms with E-state index in [4.69, 9.17) is 13.9 Å². The number of carbonyl (C=O) groups excluding carboxylic acids is 1. The monoisotopic (exact) mass is 441 g/mol. The van der Waals surface area contributed by atoms with Crippen LogP contribution in [0.2, 0.25) is 0 Å². The van der Waals surface area contributed by atoms with Crippen molar-refractivity contribution in [2.75, 3.05) is 19.0 Å². The fourth-order valence-corrected chi connectivity index (χ4v) is 3.97. The second-order valence-electron chi connectivity index (χ2n) is 7.75. The van der Waals surface area contributed by atoms with E-state index in [2.05, 4.69) is 17.4 Å². The molecule has 33 heavy (non-hydrogen) atoms. The molecule has 4 rings (SSSR count). The van der Waals surface area contributed by atoms with Crippen LogP contribution in [0.3, 0.4) is 0 Å². The van der Waals surface area contributed by atoms with Crippen molar-refractivity contribution in [3.8, 4) is 22.6 Å². The standard InChI is InChI=1S/C28H27NO4/c1-5-32-22-13-11-21(12-14-22)29-26(30)15-18(2)23-16-24-25(20-9-7-6-8-10-20)17-33-28(24)19(3)27(23)31-4/h6-17H,5H2,1-4H3,(H,29,30)/b18-15+. The van der Waals surface area contributed by atoms with Crippen molar-refractivity contribution in [1.82, 2.24) is 0 Å². The summed E-state index contributed by atoms with van der Waals surface area (Å²) in [5, 5.41) is 3.88. The zero-order valence-corrected chi connectivity index (χ0v) is 19.3. The van der Waals surface area contributed by atoms with Crippen molar-refractivity contribution in [3.63, 3.8) is 0 Å². The Labute approximate surface area is 193 Å². The van der Waals surface area contributed by atoms with Gasteiger partial charge in [-0.2, -0.15) is 0 Å². The van der Waals surface area contributed by atoms with Crippen LogP contribution in [0.15, 0.2) is 77.4 Å². The first kappa shape index (κ1) is 22.2. The third-order valence-corrected chi connectivity index (χ3v) is 5.54. The molecule has 1 amide bonds. The molecule has 1 aromatic heterocycles. The fourth-order valence-electron chi connectivity index (χ4n) is 3.97. The van der Waals surface area contributed by atoms with Crippen molar-refractivity contribution in [1.29, 1.82) is 0 Å². The lowest BCUT2D eigenvalue weighted by Gasteiger charge is -2.13. The van der Waals surface area contributed by atoms with Crippen LogP contribution >= 0.6 is 0 Å². The van der Waals surface area contributed by atoms with Gasteiger partial charge in [-0.25, -0.2) is 0 Å².